The number of sulfonamides is 1. The van der Waals surface area contributed by atoms with Crippen LogP contribution in [0, 0.1) is 11.3 Å². The zero-order chi connectivity index (χ0) is 16.5. The predicted molar refractivity (Wildman–Crippen MR) is 79.5 cm³/mol. The van der Waals surface area contributed by atoms with E-state index in [9.17, 15) is 18.0 Å². The summed E-state index contributed by atoms with van der Waals surface area (Å²) < 4.78 is 24.4. The summed E-state index contributed by atoms with van der Waals surface area (Å²) in [7, 11) is -3.61. The molecule has 0 spiro atoms. The molecule has 1 aliphatic heterocycles. The molecule has 0 bridgehead atoms. The molecule has 0 saturated carbocycles. The molecule has 0 atom stereocenters. The van der Waals surface area contributed by atoms with E-state index in [0.717, 1.165) is 4.31 Å². The molecule has 0 aromatic heterocycles. The lowest BCUT2D eigenvalue weighted by Crippen LogP contribution is -2.42. The van der Waals surface area contributed by atoms with Gasteiger partial charge in [-0.2, -0.15) is 5.26 Å². The third-order valence-corrected chi connectivity index (χ3v) is 4.84. The molecule has 1 aliphatic rings. The summed E-state index contributed by atoms with van der Waals surface area (Å²) in [4.78, 5) is 23.6. The van der Waals surface area contributed by atoms with Crippen molar-refractivity contribution >= 4 is 27.5 Å². The van der Waals surface area contributed by atoms with Gasteiger partial charge >= 0.3 is 0 Å². The van der Waals surface area contributed by atoms with Crippen LogP contribution in [-0.4, -0.2) is 31.5 Å². The normalized spacial score (nSPS) is 17.1. The van der Waals surface area contributed by atoms with Crippen LogP contribution in [0.25, 0.3) is 0 Å². The van der Waals surface area contributed by atoms with Crippen molar-refractivity contribution in [3.05, 3.63) is 29.8 Å². The Hall–Kier alpha value is -2.40. The van der Waals surface area contributed by atoms with E-state index < -0.39 is 27.4 Å². The van der Waals surface area contributed by atoms with Crippen LogP contribution >= 0.6 is 0 Å². The summed E-state index contributed by atoms with van der Waals surface area (Å²) in [6.07, 6.45) is -0.0407. The van der Waals surface area contributed by atoms with E-state index >= 15 is 0 Å². The number of amides is 2. The first-order valence-electron chi connectivity index (χ1n) is 6.56. The van der Waals surface area contributed by atoms with Crippen molar-refractivity contribution < 1.29 is 18.0 Å². The number of carbonyl (C=O) groups is 2. The van der Waals surface area contributed by atoms with E-state index in [1.54, 1.807) is 13.8 Å². The number of nitrogens with one attached hydrogen (secondary N) is 1. The van der Waals surface area contributed by atoms with Gasteiger partial charge in [-0.15, -0.1) is 0 Å². The highest BCUT2D eigenvalue weighted by Crippen LogP contribution is 2.25. The van der Waals surface area contributed by atoms with Crippen molar-refractivity contribution in [1.29, 1.82) is 5.26 Å². The van der Waals surface area contributed by atoms with Gasteiger partial charge in [0.2, 0.25) is 15.9 Å². The second-order valence-electron chi connectivity index (χ2n) is 5.46. The molecule has 1 aromatic rings. The van der Waals surface area contributed by atoms with Gasteiger partial charge in [0.15, 0.2) is 0 Å². The van der Waals surface area contributed by atoms with Crippen molar-refractivity contribution in [2.45, 2.75) is 25.8 Å². The number of hydrogen-bond acceptors (Lipinski definition) is 5. The number of rotatable bonds is 3. The molecule has 1 fully saturated rings. The summed E-state index contributed by atoms with van der Waals surface area (Å²) in [5.74, 6) is -1.14. The third kappa shape index (κ3) is 3.09. The molecule has 2 rings (SSSR count). The Balaban J connectivity index is 2.23. The van der Waals surface area contributed by atoms with E-state index in [0.29, 0.717) is 0 Å². The molecule has 0 aliphatic carbocycles. The maximum atomic E-state index is 12.0. The molecule has 0 unspecified atom stereocenters. The van der Waals surface area contributed by atoms with Crippen molar-refractivity contribution in [2.24, 2.45) is 0 Å². The number of benzene rings is 1. The number of hydrogen-bond donors (Lipinski definition) is 1. The van der Waals surface area contributed by atoms with Crippen LogP contribution in [-0.2, 0) is 14.8 Å². The Labute approximate surface area is 128 Å². The number of nitrogens with zero attached hydrogens (tertiary/aromatic N) is 2. The van der Waals surface area contributed by atoms with Crippen LogP contribution in [0.3, 0.4) is 0 Å². The average Bonchev–Trinajstić information content (AvgIpc) is 2.72. The molecule has 1 saturated heterocycles. The molecule has 8 heteroatoms. The fourth-order valence-corrected chi connectivity index (χ4v) is 3.46. The molecule has 7 nitrogen and oxygen atoms in total. The lowest BCUT2D eigenvalue weighted by molar-refractivity contribution is -0.116. The first kappa shape index (κ1) is 16.0. The number of nitriles is 1. The van der Waals surface area contributed by atoms with Gasteiger partial charge in [0.1, 0.15) is 5.54 Å². The molecule has 0 radical (unpaired) electrons. The molecule has 2 amide bonds. The Morgan fingerprint density at radius 1 is 1.32 bits per heavy atom. The summed E-state index contributed by atoms with van der Waals surface area (Å²) in [6.45, 7) is 3.13. The maximum absolute atomic E-state index is 12.0. The minimum atomic E-state index is -3.61. The fraction of sp³-hybridized carbons (Fsp3) is 0.357. The number of carbonyl (C=O) groups excluding carboxylic acids is 2. The van der Waals surface area contributed by atoms with Crippen LogP contribution in [0.5, 0.6) is 0 Å². The van der Waals surface area contributed by atoms with E-state index in [-0.39, 0.29) is 23.4 Å². The van der Waals surface area contributed by atoms with Gasteiger partial charge in [-0.05, 0) is 38.1 Å². The molecule has 1 heterocycles. The van der Waals surface area contributed by atoms with Crippen molar-refractivity contribution in [3.63, 3.8) is 0 Å². The zero-order valence-electron chi connectivity index (χ0n) is 12.2. The molecule has 1 N–H and O–H groups in total. The minimum absolute atomic E-state index is 0.0407. The van der Waals surface area contributed by atoms with E-state index in [1.165, 1.54) is 24.3 Å². The van der Waals surface area contributed by atoms with Crippen LogP contribution < -0.4 is 9.62 Å². The molecular formula is C14H15N3O4S. The zero-order valence-corrected chi connectivity index (χ0v) is 13.0. The third-order valence-electron chi connectivity index (χ3n) is 3.15. The fourth-order valence-electron chi connectivity index (χ4n) is 2.00. The van der Waals surface area contributed by atoms with E-state index in [1.807, 2.05) is 6.07 Å². The number of anilines is 1. The van der Waals surface area contributed by atoms with Gasteiger partial charge in [-0.1, -0.05) is 0 Å². The summed E-state index contributed by atoms with van der Waals surface area (Å²) in [6, 6.07) is 7.58. The SMILES string of the molecule is CC(C)(C#N)NC(=O)c1ccc(N2C(=O)CCS2(=O)=O)cc1. The Kier molecular flexibility index (Phi) is 3.94. The van der Waals surface area contributed by atoms with Crippen LogP contribution in [0.2, 0.25) is 0 Å². The summed E-state index contributed by atoms with van der Waals surface area (Å²) in [5.41, 5.74) is -0.529. The highest BCUT2D eigenvalue weighted by molar-refractivity contribution is 7.94. The Morgan fingerprint density at radius 2 is 1.91 bits per heavy atom. The van der Waals surface area contributed by atoms with Gasteiger partial charge in [0, 0.05) is 12.0 Å². The first-order chi connectivity index (χ1) is 10.2. The largest absolute Gasteiger partial charge is 0.334 e. The van der Waals surface area contributed by atoms with Gasteiger partial charge in [0.05, 0.1) is 17.5 Å². The molecular weight excluding hydrogens is 306 g/mol. The van der Waals surface area contributed by atoms with Gasteiger partial charge in [-0.25, -0.2) is 12.7 Å². The molecule has 22 heavy (non-hydrogen) atoms. The van der Waals surface area contributed by atoms with Crippen LogP contribution in [0.1, 0.15) is 30.6 Å². The highest BCUT2D eigenvalue weighted by Gasteiger charge is 2.36. The standard InChI is InChI=1S/C14H15N3O4S/c1-14(2,9-15)16-13(19)10-3-5-11(6-4-10)17-12(18)7-8-22(17,20)21/h3-6H,7-8H2,1-2H3,(H,16,19). The van der Waals surface area contributed by atoms with Crippen molar-refractivity contribution in [2.75, 3.05) is 10.1 Å². The topological polar surface area (TPSA) is 107 Å². The first-order valence-corrected chi connectivity index (χ1v) is 8.17. The van der Waals surface area contributed by atoms with E-state index in [2.05, 4.69) is 5.32 Å². The quantitative estimate of drug-likeness (QED) is 0.885. The summed E-state index contributed by atoms with van der Waals surface area (Å²) in [5, 5.41) is 11.4. The van der Waals surface area contributed by atoms with Crippen LogP contribution in [0.15, 0.2) is 24.3 Å². The van der Waals surface area contributed by atoms with Gasteiger partial charge < -0.3 is 5.32 Å². The van der Waals surface area contributed by atoms with Crippen molar-refractivity contribution in [3.8, 4) is 6.07 Å². The van der Waals surface area contributed by atoms with Gasteiger partial charge in [-0.3, -0.25) is 9.59 Å². The summed E-state index contributed by atoms with van der Waals surface area (Å²) >= 11 is 0. The second kappa shape index (κ2) is 5.42. The van der Waals surface area contributed by atoms with Crippen LogP contribution in [0.4, 0.5) is 5.69 Å². The van der Waals surface area contributed by atoms with Crippen molar-refractivity contribution in [1.82, 2.24) is 5.32 Å². The lowest BCUT2D eigenvalue weighted by Gasteiger charge is -2.18. The minimum Gasteiger partial charge on any atom is -0.334 e. The predicted octanol–water partition coefficient (Wildman–Crippen LogP) is 0.785. The average molecular weight is 321 g/mol. The highest BCUT2D eigenvalue weighted by atomic mass is 32.2. The van der Waals surface area contributed by atoms with E-state index in [4.69, 9.17) is 5.26 Å². The molecule has 116 valence electrons. The lowest BCUT2D eigenvalue weighted by atomic mass is 10.1. The second-order valence-corrected chi connectivity index (χ2v) is 7.40. The maximum Gasteiger partial charge on any atom is 0.252 e. The Morgan fingerprint density at radius 3 is 2.36 bits per heavy atom. The monoisotopic (exact) mass is 321 g/mol. The smallest absolute Gasteiger partial charge is 0.252 e. The Bertz CT molecular complexity index is 760. The molecule has 1 aromatic carbocycles. The van der Waals surface area contributed by atoms with Gasteiger partial charge in [0.25, 0.3) is 5.91 Å².